The Bertz CT molecular complexity index is 217. The minimum atomic E-state index is -5.32. The molecular formula is C6H6F6O. The van der Waals surface area contributed by atoms with Crippen molar-refractivity contribution in [1.82, 2.24) is 0 Å². The molecule has 0 unspecified atom stereocenters. The first-order valence-corrected chi connectivity index (χ1v) is 3.05. The highest BCUT2D eigenvalue weighted by atomic mass is 19.3. The largest absolute Gasteiger partial charge is 0.390 e. The highest BCUT2D eigenvalue weighted by Crippen LogP contribution is 2.41. The maximum atomic E-state index is 12.3. The van der Waals surface area contributed by atoms with Crippen LogP contribution in [0.2, 0.25) is 0 Å². The standard InChI is InChI=1S/C6H6F6O/c1-3(7)4(8)6(11,12)5(9,10)2-13/h13H,2H2,1H3/b4-3-. The molecule has 0 aromatic heterocycles. The minimum absolute atomic E-state index is 0.275. The van der Waals surface area contributed by atoms with Gasteiger partial charge in [-0.05, 0) is 6.92 Å². The zero-order chi connectivity index (χ0) is 10.9. The molecule has 0 aliphatic rings. The van der Waals surface area contributed by atoms with Crippen LogP contribution in [0, 0.1) is 0 Å². The van der Waals surface area contributed by atoms with E-state index in [0.29, 0.717) is 0 Å². The molecular weight excluding hydrogens is 202 g/mol. The third-order valence-corrected chi connectivity index (χ3v) is 1.24. The summed E-state index contributed by atoms with van der Waals surface area (Å²) in [7, 11) is 0. The van der Waals surface area contributed by atoms with Gasteiger partial charge in [-0.3, -0.25) is 0 Å². The number of halogens is 6. The molecule has 1 N–H and O–H groups in total. The number of aliphatic hydroxyl groups is 1. The molecule has 0 atom stereocenters. The van der Waals surface area contributed by atoms with E-state index < -0.39 is 30.1 Å². The molecule has 0 saturated carbocycles. The molecule has 0 rings (SSSR count). The molecule has 0 aromatic rings. The lowest BCUT2D eigenvalue weighted by Crippen LogP contribution is -2.44. The van der Waals surface area contributed by atoms with Crippen LogP contribution in [0.15, 0.2) is 11.7 Å². The van der Waals surface area contributed by atoms with Crippen molar-refractivity contribution in [2.24, 2.45) is 0 Å². The fourth-order valence-electron chi connectivity index (χ4n) is 0.476. The van der Waals surface area contributed by atoms with Crippen LogP contribution >= 0.6 is 0 Å². The van der Waals surface area contributed by atoms with Gasteiger partial charge < -0.3 is 5.11 Å². The first-order valence-electron chi connectivity index (χ1n) is 3.05. The Morgan fingerprint density at radius 3 is 1.77 bits per heavy atom. The van der Waals surface area contributed by atoms with Crippen LogP contribution < -0.4 is 0 Å². The third kappa shape index (κ3) is 2.15. The van der Waals surface area contributed by atoms with Crippen molar-refractivity contribution >= 4 is 0 Å². The molecule has 0 bridgehead atoms. The molecule has 0 radical (unpaired) electrons. The summed E-state index contributed by atoms with van der Waals surface area (Å²) in [5.41, 5.74) is 0. The van der Waals surface area contributed by atoms with E-state index in [0.717, 1.165) is 0 Å². The Hall–Kier alpha value is -0.720. The zero-order valence-electron chi connectivity index (χ0n) is 6.42. The third-order valence-electron chi connectivity index (χ3n) is 1.24. The summed E-state index contributed by atoms with van der Waals surface area (Å²) >= 11 is 0. The summed E-state index contributed by atoms with van der Waals surface area (Å²) in [6.07, 6.45) is 0. The second kappa shape index (κ2) is 3.57. The average molecular weight is 208 g/mol. The molecule has 0 amide bonds. The van der Waals surface area contributed by atoms with E-state index in [4.69, 9.17) is 5.11 Å². The van der Waals surface area contributed by atoms with E-state index in [9.17, 15) is 26.3 Å². The Balaban J connectivity index is 5.09. The van der Waals surface area contributed by atoms with Crippen LogP contribution in [0.3, 0.4) is 0 Å². The molecule has 0 aliphatic carbocycles. The summed E-state index contributed by atoms with van der Waals surface area (Å²) in [5.74, 6) is -15.2. The summed E-state index contributed by atoms with van der Waals surface area (Å²) in [5, 5.41) is 7.82. The maximum Gasteiger partial charge on any atom is 0.365 e. The molecule has 13 heavy (non-hydrogen) atoms. The number of alkyl halides is 4. The van der Waals surface area contributed by atoms with Gasteiger partial charge in [-0.15, -0.1) is 0 Å². The van der Waals surface area contributed by atoms with Crippen LogP contribution in [0.25, 0.3) is 0 Å². The Kier molecular flexibility index (Phi) is 3.37. The SMILES string of the molecule is C/C(F)=C(/F)C(F)(F)C(F)(F)CO. The number of rotatable bonds is 3. The van der Waals surface area contributed by atoms with E-state index in [1.807, 2.05) is 0 Å². The van der Waals surface area contributed by atoms with Gasteiger partial charge in [0.05, 0.1) is 0 Å². The van der Waals surface area contributed by atoms with Crippen molar-refractivity contribution in [3.8, 4) is 0 Å². The number of aliphatic hydroxyl groups excluding tert-OH is 1. The molecule has 0 heterocycles. The molecule has 0 fully saturated rings. The predicted molar refractivity (Wildman–Crippen MR) is 31.9 cm³/mol. The van der Waals surface area contributed by atoms with Gasteiger partial charge in [0.25, 0.3) is 0 Å². The number of hydrogen-bond donors (Lipinski definition) is 1. The Morgan fingerprint density at radius 1 is 1.15 bits per heavy atom. The minimum Gasteiger partial charge on any atom is -0.390 e. The van der Waals surface area contributed by atoms with Crippen molar-refractivity contribution in [2.45, 2.75) is 18.8 Å². The molecule has 1 nitrogen and oxygen atoms in total. The lowest BCUT2D eigenvalue weighted by molar-refractivity contribution is -0.213. The molecule has 78 valence electrons. The molecule has 0 aliphatic heterocycles. The quantitative estimate of drug-likeness (QED) is 0.706. The van der Waals surface area contributed by atoms with Crippen molar-refractivity contribution in [3.63, 3.8) is 0 Å². The van der Waals surface area contributed by atoms with Crippen molar-refractivity contribution in [1.29, 1.82) is 0 Å². The van der Waals surface area contributed by atoms with Crippen LogP contribution in [0.1, 0.15) is 6.92 Å². The van der Waals surface area contributed by atoms with Crippen molar-refractivity contribution in [2.75, 3.05) is 6.61 Å². The summed E-state index contributed by atoms with van der Waals surface area (Å²) in [6.45, 7) is -1.99. The second-order valence-electron chi connectivity index (χ2n) is 2.28. The number of hydrogen-bond acceptors (Lipinski definition) is 1. The van der Waals surface area contributed by atoms with Gasteiger partial charge in [0.2, 0.25) is 5.83 Å². The first-order chi connectivity index (χ1) is 5.66. The maximum absolute atomic E-state index is 12.3. The van der Waals surface area contributed by atoms with Crippen LogP contribution in [0.5, 0.6) is 0 Å². The lowest BCUT2D eigenvalue weighted by atomic mass is 10.1. The van der Waals surface area contributed by atoms with Gasteiger partial charge >= 0.3 is 11.8 Å². The zero-order valence-corrected chi connectivity index (χ0v) is 6.42. The van der Waals surface area contributed by atoms with Crippen molar-refractivity contribution in [3.05, 3.63) is 11.7 Å². The first kappa shape index (κ1) is 12.3. The fourth-order valence-corrected chi connectivity index (χ4v) is 0.476. The highest BCUT2D eigenvalue weighted by molar-refractivity contribution is 5.12. The van der Waals surface area contributed by atoms with E-state index >= 15 is 0 Å². The Labute approximate surface area is 69.7 Å². The van der Waals surface area contributed by atoms with E-state index in [1.165, 1.54) is 0 Å². The summed E-state index contributed by atoms with van der Waals surface area (Å²) in [6, 6.07) is 0. The van der Waals surface area contributed by atoms with Crippen LogP contribution in [-0.2, 0) is 0 Å². The number of allylic oxidation sites excluding steroid dienone is 2. The van der Waals surface area contributed by atoms with Gasteiger partial charge in [-0.2, -0.15) is 17.6 Å². The topological polar surface area (TPSA) is 20.2 Å². The monoisotopic (exact) mass is 208 g/mol. The van der Waals surface area contributed by atoms with Gasteiger partial charge in [0.1, 0.15) is 12.4 Å². The van der Waals surface area contributed by atoms with Gasteiger partial charge in [-0.1, -0.05) is 0 Å². The predicted octanol–water partition coefficient (Wildman–Crippen LogP) is 2.42. The van der Waals surface area contributed by atoms with E-state index in [1.54, 1.807) is 0 Å². The molecule has 0 saturated heterocycles. The average Bonchev–Trinajstić information content (AvgIpc) is 2.02. The van der Waals surface area contributed by atoms with Gasteiger partial charge in [-0.25, -0.2) is 8.78 Å². The lowest BCUT2D eigenvalue weighted by Gasteiger charge is -2.22. The molecule has 0 spiro atoms. The molecule has 0 aromatic carbocycles. The smallest absolute Gasteiger partial charge is 0.365 e. The normalized spacial score (nSPS) is 15.7. The van der Waals surface area contributed by atoms with Crippen LogP contribution in [-0.4, -0.2) is 23.6 Å². The Morgan fingerprint density at radius 2 is 1.54 bits per heavy atom. The van der Waals surface area contributed by atoms with Gasteiger partial charge in [0.15, 0.2) is 0 Å². The summed E-state index contributed by atoms with van der Waals surface area (Å²) in [4.78, 5) is 0. The fraction of sp³-hybridized carbons (Fsp3) is 0.667. The van der Waals surface area contributed by atoms with Gasteiger partial charge in [0, 0.05) is 0 Å². The van der Waals surface area contributed by atoms with Crippen LogP contribution in [0.4, 0.5) is 26.3 Å². The second-order valence-corrected chi connectivity index (χ2v) is 2.28. The van der Waals surface area contributed by atoms with E-state index in [2.05, 4.69) is 0 Å². The summed E-state index contributed by atoms with van der Waals surface area (Å²) < 4.78 is 72.7. The highest BCUT2D eigenvalue weighted by Gasteiger charge is 2.60. The molecule has 7 heteroatoms. The van der Waals surface area contributed by atoms with E-state index in [-0.39, 0.29) is 6.92 Å². The van der Waals surface area contributed by atoms with Crippen molar-refractivity contribution < 1.29 is 31.4 Å².